The van der Waals surface area contributed by atoms with Gasteiger partial charge in [-0.3, -0.25) is 0 Å². The van der Waals surface area contributed by atoms with Gasteiger partial charge in [-0.25, -0.2) is 0 Å². The highest BCUT2D eigenvalue weighted by atomic mass is 32.1. The Hall–Kier alpha value is -0.680. The summed E-state index contributed by atoms with van der Waals surface area (Å²) in [4.78, 5) is 4.24. The fourth-order valence-electron chi connectivity index (χ4n) is 0.754. The van der Waals surface area contributed by atoms with E-state index in [9.17, 15) is 0 Å². The van der Waals surface area contributed by atoms with Crippen LogP contribution in [0.25, 0.3) is 0 Å². The Balaban J connectivity index is 2.40. The number of nitrogens with one attached hydrogen (secondary N) is 1. The van der Waals surface area contributed by atoms with Crippen LogP contribution in [0.5, 0.6) is 5.19 Å². The van der Waals surface area contributed by atoms with Crippen molar-refractivity contribution in [1.82, 2.24) is 14.7 Å². The van der Waals surface area contributed by atoms with Crippen molar-refractivity contribution in [3.63, 3.8) is 0 Å². The maximum Gasteiger partial charge on any atom is 0.293 e. The number of ether oxygens (including phenoxy) is 1. The number of rotatable bonds is 5. The molecule has 0 spiro atoms. The number of aromatic nitrogens is 2. The first-order valence-electron chi connectivity index (χ1n) is 4.35. The lowest BCUT2D eigenvalue weighted by atomic mass is 10.2. The van der Waals surface area contributed by atoms with E-state index in [0.717, 1.165) is 12.4 Å². The second-order valence-corrected chi connectivity index (χ2v) is 3.74. The van der Waals surface area contributed by atoms with E-state index in [1.54, 1.807) is 0 Å². The van der Waals surface area contributed by atoms with Gasteiger partial charge in [-0.15, -0.1) is 0 Å². The number of hydrogen-bond acceptors (Lipinski definition) is 5. The van der Waals surface area contributed by atoms with E-state index >= 15 is 0 Å². The van der Waals surface area contributed by atoms with Crippen LogP contribution >= 0.6 is 11.5 Å². The lowest BCUT2D eigenvalue weighted by molar-refractivity contribution is 0.316. The topological polar surface area (TPSA) is 47.0 Å². The molecule has 0 aliphatic carbocycles. The largest absolute Gasteiger partial charge is 0.468 e. The second kappa shape index (κ2) is 5.14. The molecule has 0 aromatic carbocycles. The van der Waals surface area contributed by atoms with Gasteiger partial charge in [0.15, 0.2) is 0 Å². The van der Waals surface area contributed by atoms with E-state index in [-0.39, 0.29) is 0 Å². The molecule has 1 aromatic rings. The first-order chi connectivity index (χ1) is 6.24. The maximum atomic E-state index is 5.36. The molecule has 0 fully saturated rings. The fraction of sp³-hybridized carbons (Fsp3) is 0.750. The summed E-state index contributed by atoms with van der Waals surface area (Å²) in [6.45, 7) is 5.61. The molecular weight excluding hydrogens is 186 g/mol. The number of likely N-dealkylation sites (N-methyl/N-ethyl adjacent to an activating group) is 1. The van der Waals surface area contributed by atoms with Crippen LogP contribution in [-0.2, 0) is 0 Å². The van der Waals surface area contributed by atoms with Gasteiger partial charge in [0.1, 0.15) is 12.4 Å². The van der Waals surface area contributed by atoms with Crippen LogP contribution in [0, 0.1) is 0 Å². The molecule has 0 atom stereocenters. The molecule has 0 unspecified atom stereocenters. The quantitative estimate of drug-likeness (QED) is 0.729. The Morgan fingerprint density at radius 2 is 2.31 bits per heavy atom. The van der Waals surface area contributed by atoms with Crippen LogP contribution in [-0.4, -0.2) is 29.6 Å². The minimum absolute atomic E-state index is 0.373. The Bertz CT molecular complexity index is 249. The molecule has 0 saturated heterocycles. The van der Waals surface area contributed by atoms with E-state index in [1.165, 1.54) is 11.5 Å². The summed E-state index contributed by atoms with van der Waals surface area (Å²) in [6.07, 6.45) is 0. The summed E-state index contributed by atoms with van der Waals surface area (Å²) in [5, 5.41) is 3.66. The number of hydrogen-bond donors (Lipinski definition) is 1. The molecule has 0 aliphatic heterocycles. The van der Waals surface area contributed by atoms with Crippen LogP contribution in [0.4, 0.5) is 0 Å². The lowest BCUT2D eigenvalue weighted by Gasteiger charge is -1.99. The van der Waals surface area contributed by atoms with Crippen LogP contribution in [0.3, 0.4) is 0 Å². The van der Waals surface area contributed by atoms with E-state index in [0.29, 0.717) is 17.7 Å². The molecule has 0 aliphatic rings. The third-order valence-corrected chi connectivity index (χ3v) is 2.16. The van der Waals surface area contributed by atoms with E-state index in [4.69, 9.17) is 4.74 Å². The van der Waals surface area contributed by atoms with Crippen molar-refractivity contribution in [3.05, 3.63) is 5.82 Å². The Kier molecular flexibility index (Phi) is 4.11. The highest BCUT2D eigenvalue weighted by molar-refractivity contribution is 7.07. The van der Waals surface area contributed by atoms with Gasteiger partial charge in [0.2, 0.25) is 0 Å². The minimum atomic E-state index is 0.373. The Labute approximate surface area is 82.5 Å². The molecule has 74 valence electrons. The molecule has 0 saturated carbocycles. The smallest absolute Gasteiger partial charge is 0.293 e. The standard InChI is InChI=1S/C8H15N3OS/c1-6(2)7-10-8(13-11-7)12-5-4-9-3/h6,9H,4-5H2,1-3H3. The van der Waals surface area contributed by atoms with Crippen molar-refractivity contribution in [3.8, 4) is 5.19 Å². The third kappa shape index (κ3) is 3.28. The van der Waals surface area contributed by atoms with Crippen molar-refractivity contribution in [1.29, 1.82) is 0 Å². The van der Waals surface area contributed by atoms with Crippen molar-refractivity contribution in [2.45, 2.75) is 19.8 Å². The predicted octanol–water partition coefficient (Wildman–Crippen LogP) is 1.26. The van der Waals surface area contributed by atoms with Gasteiger partial charge in [0.05, 0.1) is 0 Å². The van der Waals surface area contributed by atoms with Crippen LogP contribution < -0.4 is 10.1 Å². The molecule has 1 N–H and O–H groups in total. The van der Waals surface area contributed by atoms with Crippen LogP contribution in [0.15, 0.2) is 0 Å². The van der Waals surface area contributed by atoms with E-state index in [2.05, 4.69) is 28.5 Å². The fourth-order valence-corrected chi connectivity index (χ4v) is 1.45. The molecule has 0 amide bonds. The zero-order valence-corrected chi connectivity index (χ0v) is 9.02. The van der Waals surface area contributed by atoms with Gasteiger partial charge in [-0.05, 0) is 7.05 Å². The summed E-state index contributed by atoms with van der Waals surface area (Å²) >= 11 is 1.32. The Morgan fingerprint density at radius 3 is 2.85 bits per heavy atom. The van der Waals surface area contributed by atoms with E-state index in [1.807, 2.05) is 7.05 Å². The van der Waals surface area contributed by atoms with Crippen molar-refractivity contribution in [2.24, 2.45) is 0 Å². The molecule has 5 heteroatoms. The van der Waals surface area contributed by atoms with Crippen LogP contribution in [0.2, 0.25) is 0 Å². The van der Waals surface area contributed by atoms with Gasteiger partial charge < -0.3 is 10.1 Å². The zero-order chi connectivity index (χ0) is 9.68. The van der Waals surface area contributed by atoms with Crippen molar-refractivity contribution in [2.75, 3.05) is 20.2 Å². The van der Waals surface area contributed by atoms with Gasteiger partial charge in [0, 0.05) is 24.0 Å². The molecule has 0 bridgehead atoms. The normalized spacial score (nSPS) is 10.8. The lowest BCUT2D eigenvalue weighted by Crippen LogP contribution is -2.15. The van der Waals surface area contributed by atoms with Gasteiger partial charge in [-0.1, -0.05) is 13.8 Å². The second-order valence-electron chi connectivity index (χ2n) is 3.03. The monoisotopic (exact) mass is 201 g/mol. The van der Waals surface area contributed by atoms with Gasteiger partial charge >= 0.3 is 0 Å². The SMILES string of the molecule is CNCCOc1nc(C(C)C)ns1. The van der Waals surface area contributed by atoms with E-state index < -0.39 is 0 Å². The van der Waals surface area contributed by atoms with Crippen molar-refractivity contribution < 1.29 is 4.74 Å². The highest BCUT2D eigenvalue weighted by Gasteiger charge is 2.07. The predicted molar refractivity (Wildman–Crippen MR) is 53.4 cm³/mol. The molecule has 1 heterocycles. The summed E-state index contributed by atoms with van der Waals surface area (Å²) in [5.41, 5.74) is 0. The highest BCUT2D eigenvalue weighted by Crippen LogP contribution is 2.18. The molecule has 4 nitrogen and oxygen atoms in total. The molecule has 0 radical (unpaired) electrons. The zero-order valence-electron chi connectivity index (χ0n) is 8.20. The van der Waals surface area contributed by atoms with Gasteiger partial charge in [0.25, 0.3) is 5.19 Å². The number of nitrogens with zero attached hydrogens (tertiary/aromatic N) is 2. The summed E-state index contributed by atoms with van der Waals surface area (Å²) < 4.78 is 9.54. The average Bonchev–Trinajstić information content (AvgIpc) is 2.53. The molecule has 13 heavy (non-hydrogen) atoms. The third-order valence-electron chi connectivity index (χ3n) is 1.52. The molecule has 1 rings (SSSR count). The average molecular weight is 201 g/mol. The summed E-state index contributed by atoms with van der Waals surface area (Å²) in [7, 11) is 1.89. The van der Waals surface area contributed by atoms with Crippen LogP contribution in [0.1, 0.15) is 25.6 Å². The summed E-state index contributed by atoms with van der Waals surface area (Å²) in [6, 6.07) is 0. The molecular formula is C8H15N3OS. The molecule has 1 aromatic heterocycles. The maximum absolute atomic E-state index is 5.36. The first kappa shape index (κ1) is 10.4. The Morgan fingerprint density at radius 1 is 1.54 bits per heavy atom. The first-order valence-corrected chi connectivity index (χ1v) is 5.12. The minimum Gasteiger partial charge on any atom is -0.468 e. The summed E-state index contributed by atoms with van der Waals surface area (Å²) in [5.74, 6) is 1.24. The van der Waals surface area contributed by atoms with Gasteiger partial charge in [-0.2, -0.15) is 9.36 Å². The van der Waals surface area contributed by atoms with Crippen molar-refractivity contribution >= 4 is 11.5 Å².